The molecular formula is C13H17NO5. The Balaban J connectivity index is 2.56. The summed E-state index contributed by atoms with van der Waals surface area (Å²) in [6, 6.07) is 6.64. The van der Waals surface area contributed by atoms with Gasteiger partial charge in [-0.25, -0.2) is 4.79 Å². The molecule has 6 heteroatoms. The van der Waals surface area contributed by atoms with Crippen LogP contribution in [0.15, 0.2) is 24.3 Å². The lowest BCUT2D eigenvalue weighted by Crippen LogP contribution is -2.19. The first kappa shape index (κ1) is 15.0. The lowest BCUT2D eigenvalue weighted by molar-refractivity contribution is -0.139. The third-order valence-corrected chi connectivity index (χ3v) is 2.09. The highest BCUT2D eigenvalue weighted by Gasteiger charge is 2.08. The molecule has 6 nitrogen and oxygen atoms in total. The summed E-state index contributed by atoms with van der Waals surface area (Å²) in [6.07, 6.45) is 0.839. The molecule has 0 bridgehead atoms. The number of hydrogen-bond acceptors (Lipinski definition) is 4. The van der Waals surface area contributed by atoms with E-state index in [0.717, 1.165) is 6.42 Å². The number of rotatable bonds is 8. The normalized spacial score (nSPS) is 9.95. The summed E-state index contributed by atoms with van der Waals surface area (Å²) in [5.41, 5.74) is 0.425. The van der Waals surface area contributed by atoms with Crippen molar-refractivity contribution in [3.05, 3.63) is 24.3 Å². The minimum absolute atomic E-state index is 0.0406. The van der Waals surface area contributed by atoms with Gasteiger partial charge < -0.3 is 19.9 Å². The smallest absolute Gasteiger partial charge is 0.341 e. The van der Waals surface area contributed by atoms with Gasteiger partial charge in [0.05, 0.1) is 5.69 Å². The van der Waals surface area contributed by atoms with Crippen molar-refractivity contribution in [1.82, 2.24) is 0 Å². The van der Waals surface area contributed by atoms with Crippen LogP contribution in [0.5, 0.6) is 5.75 Å². The van der Waals surface area contributed by atoms with E-state index in [4.69, 9.17) is 14.6 Å². The molecule has 1 aromatic carbocycles. The van der Waals surface area contributed by atoms with Crippen molar-refractivity contribution in [2.24, 2.45) is 0 Å². The Bertz CT molecular complexity index is 433. The van der Waals surface area contributed by atoms with Crippen molar-refractivity contribution in [2.45, 2.75) is 13.3 Å². The number of benzene rings is 1. The molecule has 0 fully saturated rings. The van der Waals surface area contributed by atoms with Gasteiger partial charge in [0.1, 0.15) is 12.4 Å². The van der Waals surface area contributed by atoms with E-state index in [1.54, 1.807) is 24.3 Å². The predicted octanol–water partition coefficient (Wildman–Crippen LogP) is 1.52. The van der Waals surface area contributed by atoms with Gasteiger partial charge in [-0.1, -0.05) is 19.1 Å². The minimum Gasteiger partial charge on any atom is -0.480 e. The number of ether oxygens (including phenoxy) is 2. The van der Waals surface area contributed by atoms with E-state index in [1.165, 1.54) is 0 Å². The van der Waals surface area contributed by atoms with E-state index in [0.29, 0.717) is 18.0 Å². The second kappa shape index (κ2) is 8.10. The Kier molecular flexibility index (Phi) is 6.38. The number of carboxylic acid groups (broad SMARTS) is 1. The van der Waals surface area contributed by atoms with Crippen LogP contribution in [-0.2, 0) is 14.3 Å². The van der Waals surface area contributed by atoms with Crippen LogP contribution < -0.4 is 10.1 Å². The maximum Gasteiger partial charge on any atom is 0.341 e. The molecule has 1 rings (SSSR count). The highest BCUT2D eigenvalue weighted by molar-refractivity contribution is 5.93. The fourth-order valence-electron chi connectivity index (χ4n) is 1.33. The van der Waals surface area contributed by atoms with Crippen molar-refractivity contribution in [3.63, 3.8) is 0 Å². The Morgan fingerprint density at radius 2 is 2.00 bits per heavy atom. The number of aliphatic carboxylic acids is 1. The van der Waals surface area contributed by atoms with Crippen LogP contribution in [-0.4, -0.2) is 36.8 Å². The molecule has 1 aromatic rings. The van der Waals surface area contributed by atoms with E-state index in [-0.39, 0.29) is 12.5 Å². The SMILES string of the molecule is CCCOCC(=O)Nc1ccccc1OCC(=O)O. The van der Waals surface area contributed by atoms with Crippen LogP contribution in [0.1, 0.15) is 13.3 Å². The molecule has 0 unspecified atom stereocenters. The highest BCUT2D eigenvalue weighted by Crippen LogP contribution is 2.23. The van der Waals surface area contributed by atoms with Crippen molar-refractivity contribution < 1.29 is 24.2 Å². The summed E-state index contributed by atoms with van der Waals surface area (Å²) in [5, 5.41) is 11.2. The zero-order chi connectivity index (χ0) is 14.1. The number of carbonyl (C=O) groups excluding carboxylic acids is 1. The summed E-state index contributed by atoms with van der Waals surface area (Å²) in [6.45, 7) is 1.97. The van der Waals surface area contributed by atoms with Gasteiger partial charge in [0.25, 0.3) is 0 Å². The molecule has 0 aliphatic rings. The summed E-state index contributed by atoms with van der Waals surface area (Å²) in [5.74, 6) is -1.07. The maximum atomic E-state index is 11.6. The van der Waals surface area contributed by atoms with Crippen LogP contribution >= 0.6 is 0 Å². The van der Waals surface area contributed by atoms with Gasteiger partial charge in [-0.05, 0) is 18.6 Å². The number of anilines is 1. The van der Waals surface area contributed by atoms with E-state index >= 15 is 0 Å². The van der Waals surface area contributed by atoms with E-state index < -0.39 is 12.6 Å². The van der Waals surface area contributed by atoms with Crippen LogP contribution in [0.2, 0.25) is 0 Å². The molecular weight excluding hydrogens is 250 g/mol. The summed E-state index contributed by atoms with van der Waals surface area (Å²) < 4.78 is 10.2. The molecule has 0 saturated heterocycles. The van der Waals surface area contributed by atoms with Crippen LogP contribution in [0.4, 0.5) is 5.69 Å². The third-order valence-electron chi connectivity index (χ3n) is 2.09. The lowest BCUT2D eigenvalue weighted by Gasteiger charge is -2.11. The van der Waals surface area contributed by atoms with Gasteiger partial charge in [0.15, 0.2) is 6.61 Å². The molecule has 2 N–H and O–H groups in total. The Hall–Kier alpha value is -2.08. The molecule has 0 saturated carbocycles. The van der Waals surface area contributed by atoms with Gasteiger partial charge in [-0.2, -0.15) is 0 Å². The number of carboxylic acids is 1. The maximum absolute atomic E-state index is 11.6. The average molecular weight is 267 g/mol. The van der Waals surface area contributed by atoms with Gasteiger partial charge in [-0.15, -0.1) is 0 Å². The topological polar surface area (TPSA) is 84.9 Å². The second-order valence-corrected chi connectivity index (χ2v) is 3.78. The molecule has 19 heavy (non-hydrogen) atoms. The fraction of sp³-hybridized carbons (Fsp3) is 0.385. The van der Waals surface area contributed by atoms with Crippen molar-refractivity contribution >= 4 is 17.6 Å². The summed E-state index contributed by atoms with van der Waals surface area (Å²) in [7, 11) is 0. The Morgan fingerprint density at radius 1 is 1.26 bits per heavy atom. The number of para-hydroxylation sites is 2. The molecule has 1 amide bonds. The predicted molar refractivity (Wildman–Crippen MR) is 69.3 cm³/mol. The summed E-state index contributed by atoms with van der Waals surface area (Å²) >= 11 is 0. The Morgan fingerprint density at radius 3 is 2.68 bits per heavy atom. The van der Waals surface area contributed by atoms with Crippen LogP contribution in [0.25, 0.3) is 0 Å². The van der Waals surface area contributed by atoms with E-state index in [2.05, 4.69) is 5.32 Å². The first-order valence-electron chi connectivity index (χ1n) is 5.94. The van der Waals surface area contributed by atoms with Crippen LogP contribution in [0, 0.1) is 0 Å². The molecule has 0 aliphatic heterocycles. The zero-order valence-electron chi connectivity index (χ0n) is 10.7. The number of hydrogen-bond donors (Lipinski definition) is 2. The standard InChI is InChI=1S/C13H17NO5/c1-2-7-18-8-12(15)14-10-5-3-4-6-11(10)19-9-13(16)17/h3-6H,2,7-9H2,1H3,(H,14,15)(H,16,17). The molecule has 0 atom stereocenters. The molecule has 0 spiro atoms. The number of nitrogens with one attached hydrogen (secondary N) is 1. The zero-order valence-corrected chi connectivity index (χ0v) is 10.7. The molecule has 104 valence electrons. The van der Waals surface area contributed by atoms with Gasteiger partial charge in [0.2, 0.25) is 5.91 Å². The van der Waals surface area contributed by atoms with Crippen molar-refractivity contribution in [3.8, 4) is 5.75 Å². The second-order valence-electron chi connectivity index (χ2n) is 3.78. The van der Waals surface area contributed by atoms with Gasteiger partial charge >= 0.3 is 5.97 Å². The average Bonchev–Trinajstić information content (AvgIpc) is 2.38. The third kappa shape index (κ3) is 5.87. The van der Waals surface area contributed by atoms with Gasteiger partial charge in [0, 0.05) is 6.61 Å². The van der Waals surface area contributed by atoms with Crippen molar-refractivity contribution in [1.29, 1.82) is 0 Å². The summed E-state index contributed by atoms with van der Waals surface area (Å²) in [4.78, 5) is 22.0. The molecule has 0 radical (unpaired) electrons. The van der Waals surface area contributed by atoms with E-state index in [1.807, 2.05) is 6.92 Å². The minimum atomic E-state index is -1.08. The largest absolute Gasteiger partial charge is 0.480 e. The molecule has 0 heterocycles. The first-order chi connectivity index (χ1) is 9.13. The molecule has 0 aliphatic carbocycles. The number of carbonyl (C=O) groups is 2. The Labute approximate surface area is 111 Å². The highest BCUT2D eigenvalue weighted by atomic mass is 16.5. The molecule has 0 aromatic heterocycles. The lowest BCUT2D eigenvalue weighted by atomic mass is 10.3. The number of amides is 1. The van der Waals surface area contributed by atoms with E-state index in [9.17, 15) is 9.59 Å². The van der Waals surface area contributed by atoms with Gasteiger partial charge in [-0.3, -0.25) is 4.79 Å². The monoisotopic (exact) mass is 267 g/mol. The fourth-order valence-corrected chi connectivity index (χ4v) is 1.33. The quantitative estimate of drug-likeness (QED) is 0.697. The first-order valence-corrected chi connectivity index (χ1v) is 5.94. The van der Waals surface area contributed by atoms with Crippen molar-refractivity contribution in [2.75, 3.05) is 25.1 Å². The van der Waals surface area contributed by atoms with Crippen LogP contribution in [0.3, 0.4) is 0 Å².